The van der Waals surface area contributed by atoms with Crippen LogP contribution in [0.2, 0.25) is 0 Å². The molecule has 0 saturated carbocycles. The zero-order chi connectivity index (χ0) is 12.5. The van der Waals surface area contributed by atoms with Crippen LogP contribution in [-0.4, -0.2) is 11.1 Å². The second kappa shape index (κ2) is 4.44. The van der Waals surface area contributed by atoms with Crippen LogP contribution < -0.4 is 0 Å². The van der Waals surface area contributed by atoms with Gasteiger partial charge in [0.1, 0.15) is 0 Å². The van der Waals surface area contributed by atoms with Crippen molar-refractivity contribution < 1.29 is 9.90 Å². The minimum absolute atomic E-state index is 0.0817. The van der Waals surface area contributed by atoms with Crippen molar-refractivity contribution in [2.45, 2.75) is 47.5 Å². The third-order valence-corrected chi connectivity index (χ3v) is 3.99. The number of carboxylic acid groups (broad SMARTS) is 1. The summed E-state index contributed by atoms with van der Waals surface area (Å²) in [4.78, 5) is 10.8. The topological polar surface area (TPSA) is 37.3 Å². The molecule has 0 amide bonds. The zero-order valence-electron chi connectivity index (χ0n) is 10.9. The first-order valence-electron chi connectivity index (χ1n) is 5.88. The van der Waals surface area contributed by atoms with Crippen molar-refractivity contribution >= 4 is 5.97 Å². The Bertz CT molecular complexity index is 359. The fourth-order valence-electron chi connectivity index (χ4n) is 2.82. The van der Waals surface area contributed by atoms with Gasteiger partial charge in [-0.3, -0.25) is 0 Å². The van der Waals surface area contributed by atoms with Gasteiger partial charge in [0, 0.05) is 6.08 Å². The fourth-order valence-corrected chi connectivity index (χ4v) is 2.82. The molecule has 0 heterocycles. The van der Waals surface area contributed by atoms with E-state index in [1.807, 2.05) is 6.92 Å². The van der Waals surface area contributed by atoms with Gasteiger partial charge in [0.05, 0.1) is 0 Å². The minimum Gasteiger partial charge on any atom is -0.478 e. The van der Waals surface area contributed by atoms with E-state index >= 15 is 0 Å². The summed E-state index contributed by atoms with van der Waals surface area (Å²) < 4.78 is 0. The summed E-state index contributed by atoms with van der Waals surface area (Å²) in [7, 11) is 0. The van der Waals surface area contributed by atoms with Gasteiger partial charge in [-0.1, -0.05) is 26.3 Å². The first-order valence-corrected chi connectivity index (χ1v) is 5.88. The smallest absolute Gasteiger partial charge is 0.328 e. The average molecular weight is 222 g/mol. The molecular formula is C14H22O2. The van der Waals surface area contributed by atoms with E-state index in [1.165, 1.54) is 23.6 Å². The first-order chi connectivity index (χ1) is 7.26. The molecule has 2 nitrogen and oxygen atoms in total. The Kier molecular flexibility index (Phi) is 3.61. The molecule has 0 radical (unpaired) electrons. The summed E-state index contributed by atoms with van der Waals surface area (Å²) in [5, 5.41) is 8.84. The van der Waals surface area contributed by atoms with E-state index in [4.69, 9.17) is 5.11 Å². The van der Waals surface area contributed by atoms with Crippen LogP contribution >= 0.6 is 0 Å². The highest BCUT2D eigenvalue weighted by Crippen LogP contribution is 2.47. The Morgan fingerprint density at radius 1 is 1.50 bits per heavy atom. The molecule has 16 heavy (non-hydrogen) atoms. The van der Waals surface area contributed by atoms with E-state index in [0.717, 1.165) is 12.0 Å². The zero-order valence-corrected chi connectivity index (χ0v) is 10.9. The maximum absolute atomic E-state index is 10.8. The van der Waals surface area contributed by atoms with Gasteiger partial charge in [-0.2, -0.15) is 0 Å². The van der Waals surface area contributed by atoms with E-state index in [-0.39, 0.29) is 5.41 Å². The molecule has 2 heteroatoms. The fraction of sp³-hybridized carbons (Fsp3) is 0.643. The number of aliphatic carboxylic acids is 1. The lowest BCUT2D eigenvalue weighted by Crippen LogP contribution is -2.29. The summed E-state index contributed by atoms with van der Waals surface area (Å²) in [6.45, 7) is 10.7. The van der Waals surface area contributed by atoms with Gasteiger partial charge >= 0.3 is 5.97 Å². The van der Waals surface area contributed by atoms with Crippen molar-refractivity contribution in [2.24, 2.45) is 11.3 Å². The second-order valence-corrected chi connectivity index (χ2v) is 5.48. The Balaban J connectivity index is 3.22. The van der Waals surface area contributed by atoms with Crippen molar-refractivity contribution in [2.75, 3.05) is 0 Å². The van der Waals surface area contributed by atoms with Crippen molar-refractivity contribution in [1.82, 2.24) is 0 Å². The highest BCUT2D eigenvalue weighted by Gasteiger charge is 2.35. The highest BCUT2D eigenvalue weighted by molar-refractivity contribution is 5.81. The van der Waals surface area contributed by atoms with E-state index < -0.39 is 5.97 Å². The van der Waals surface area contributed by atoms with Gasteiger partial charge in [-0.05, 0) is 49.2 Å². The van der Waals surface area contributed by atoms with Gasteiger partial charge < -0.3 is 5.11 Å². The number of carbonyl (C=O) groups is 1. The molecule has 1 unspecified atom stereocenters. The molecule has 0 aromatic rings. The van der Waals surface area contributed by atoms with Crippen LogP contribution in [0.15, 0.2) is 22.8 Å². The molecule has 1 atom stereocenters. The quantitative estimate of drug-likeness (QED) is 0.722. The van der Waals surface area contributed by atoms with Crippen LogP contribution in [-0.2, 0) is 4.79 Å². The molecule has 1 N–H and O–H groups in total. The molecule has 1 rings (SSSR count). The second-order valence-electron chi connectivity index (χ2n) is 5.48. The highest BCUT2D eigenvalue weighted by atomic mass is 16.4. The molecule has 90 valence electrons. The Hall–Kier alpha value is -1.05. The summed E-state index contributed by atoms with van der Waals surface area (Å²) >= 11 is 0. The van der Waals surface area contributed by atoms with Gasteiger partial charge in [-0.15, -0.1) is 0 Å². The van der Waals surface area contributed by atoms with Gasteiger partial charge in [0.25, 0.3) is 0 Å². The van der Waals surface area contributed by atoms with Crippen molar-refractivity contribution in [1.29, 1.82) is 0 Å². The van der Waals surface area contributed by atoms with Crippen LogP contribution in [0.1, 0.15) is 47.5 Å². The summed E-state index contributed by atoms with van der Waals surface area (Å²) in [5.74, 6) is -0.254. The molecule has 0 aromatic carbocycles. The maximum atomic E-state index is 10.8. The van der Waals surface area contributed by atoms with Crippen LogP contribution in [0.3, 0.4) is 0 Å². The number of hydrogen-bond donors (Lipinski definition) is 1. The minimum atomic E-state index is -0.855. The van der Waals surface area contributed by atoms with Gasteiger partial charge in [0.2, 0.25) is 0 Å². The number of rotatable bonds is 2. The monoisotopic (exact) mass is 222 g/mol. The van der Waals surface area contributed by atoms with Crippen molar-refractivity contribution in [3.63, 3.8) is 0 Å². The normalized spacial score (nSPS) is 25.8. The molecular weight excluding hydrogens is 200 g/mol. The maximum Gasteiger partial charge on any atom is 0.328 e. The summed E-state index contributed by atoms with van der Waals surface area (Å²) in [6.07, 6.45) is 3.62. The summed E-state index contributed by atoms with van der Waals surface area (Å²) in [5.41, 5.74) is 3.58. The lowest BCUT2D eigenvalue weighted by molar-refractivity contribution is -0.131. The Morgan fingerprint density at radius 3 is 2.56 bits per heavy atom. The standard InChI is InChI=1S/C14H22O2/c1-9-6-7-11(3)14(4,5)13(9)10(2)8-12(15)16/h8,11H,6-7H2,1-5H3,(H,15,16)/b10-8+. The molecule has 0 spiro atoms. The Labute approximate surface area is 98.1 Å². The van der Waals surface area contributed by atoms with Crippen LogP contribution in [0.25, 0.3) is 0 Å². The number of allylic oxidation sites excluding steroid dienone is 3. The molecule has 0 aliphatic heterocycles. The summed E-state index contributed by atoms with van der Waals surface area (Å²) in [6, 6.07) is 0. The average Bonchev–Trinajstić information content (AvgIpc) is 2.10. The van der Waals surface area contributed by atoms with E-state index in [0.29, 0.717) is 5.92 Å². The molecule has 0 fully saturated rings. The SMILES string of the molecule is CC1=C(/C(C)=C/C(=O)O)C(C)(C)C(C)CC1. The van der Waals surface area contributed by atoms with Crippen molar-refractivity contribution in [3.05, 3.63) is 22.8 Å². The molecule has 0 bridgehead atoms. The lowest BCUT2D eigenvalue weighted by atomic mass is 9.64. The van der Waals surface area contributed by atoms with Crippen LogP contribution in [0.5, 0.6) is 0 Å². The predicted molar refractivity (Wildman–Crippen MR) is 66.3 cm³/mol. The third-order valence-electron chi connectivity index (χ3n) is 3.99. The largest absolute Gasteiger partial charge is 0.478 e. The lowest BCUT2D eigenvalue weighted by Gasteiger charge is -2.40. The van der Waals surface area contributed by atoms with Crippen molar-refractivity contribution in [3.8, 4) is 0 Å². The predicted octanol–water partition coefficient (Wildman–Crippen LogP) is 3.79. The number of carboxylic acids is 1. The van der Waals surface area contributed by atoms with Gasteiger partial charge in [0.15, 0.2) is 0 Å². The third kappa shape index (κ3) is 2.37. The van der Waals surface area contributed by atoms with E-state index in [9.17, 15) is 4.79 Å². The van der Waals surface area contributed by atoms with Crippen LogP contribution in [0.4, 0.5) is 0 Å². The Morgan fingerprint density at radius 2 is 2.06 bits per heavy atom. The molecule has 0 saturated heterocycles. The van der Waals surface area contributed by atoms with E-state index in [2.05, 4.69) is 27.7 Å². The molecule has 1 aliphatic carbocycles. The van der Waals surface area contributed by atoms with Crippen LogP contribution in [0, 0.1) is 11.3 Å². The van der Waals surface area contributed by atoms with Gasteiger partial charge in [-0.25, -0.2) is 4.79 Å². The van der Waals surface area contributed by atoms with E-state index in [1.54, 1.807) is 0 Å². The molecule has 1 aliphatic rings. The number of hydrogen-bond acceptors (Lipinski definition) is 1. The first kappa shape index (κ1) is 13.0. The molecule has 0 aromatic heterocycles.